The molecule has 6 aromatic rings. The van der Waals surface area contributed by atoms with Crippen molar-refractivity contribution in [2.24, 2.45) is 11.3 Å². The first kappa shape index (κ1) is 56.9. The van der Waals surface area contributed by atoms with Crippen molar-refractivity contribution < 1.29 is 32.3 Å². The Morgan fingerprint density at radius 3 is 2.45 bits per heavy atom. The maximum atomic E-state index is 14.9. The summed E-state index contributed by atoms with van der Waals surface area (Å²) in [5, 5.41) is 17.1. The second-order valence-electron chi connectivity index (χ2n) is 23.7. The Bertz CT molecular complexity index is 3360. The van der Waals surface area contributed by atoms with Gasteiger partial charge in [0.15, 0.2) is 0 Å². The molecule has 3 aromatic heterocycles. The predicted octanol–water partition coefficient (Wildman–Crippen LogP) is 12.1. The molecule has 20 heteroatoms. The molecular formula is C60H74ClN9O8SSi. The van der Waals surface area contributed by atoms with E-state index < -0.39 is 45.6 Å². The van der Waals surface area contributed by atoms with Crippen molar-refractivity contribution in [2.45, 2.75) is 109 Å². The van der Waals surface area contributed by atoms with Gasteiger partial charge in [0, 0.05) is 114 Å². The minimum atomic E-state index is -4.65. The quantitative estimate of drug-likeness (QED) is 0.0358. The Morgan fingerprint density at radius 2 is 1.73 bits per heavy atom. The van der Waals surface area contributed by atoms with Crippen LogP contribution in [0.15, 0.2) is 114 Å². The van der Waals surface area contributed by atoms with E-state index in [1.165, 1.54) is 28.8 Å². The van der Waals surface area contributed by atoms with Crippen molar-refractivity contribution in [3.63, 3.8) is 0 Å². The molecule has 0 spiro atoms. The van der Waals surface area contributed by atoms with Gasteiger partial charge in [-0.05, 0) is 140 Å². The Kier molecular flexibility index (Phi) is 17.1. The van der Waals surface area contributed by atoms with Crippen LogP contribution >= 0.6 is 11.6 Å². The summed E-state index contributed by atoms with van der Waals surface area (Å²) in [7, 11) is -5.98. The molecule has 1 aliphatic carbocycles. The number of piperazine rings is 1. The number of fused-ring (bicyclic) bond motifs is 2. The number of nitrogens with zero attached hydrogens (tertiary/aromatic N) is 7. The van der Waals surface area contributed by atoms with Gasteiger partial charge in [0.2, 0.25) is 5.88 Å². The van der Waals surface area contributed by atoms with Crippen molar-refractivity contribution in [2.75, 3.05) is 74.2 Å². The first-order chi connectivity index (χ1) is 38.3. The second-order valence-corrected chi connectivity index (χ2v) is 31.5. The third kappa shape index (κ3) is 13.2. The van der Waals surface area contributed by atoms with E-state index in [0.29, 0.717) is 87.7 Å². The maximum Gasteiger partial charge on any atom is 0.293 e. The molecule has 4 aliphatic rings. The molecule has 2 saturated heterocycles. The molecule has 1 amide bonds. The number of anilines is 4. The average Bonchev–Trinajstić information content (AvgIpc) is 3.89. The van der Waals surface area contributed by atoms with Crippen molar-refractivity contribution in [3.05, 3.63) is 141 Å². The van der Waals surface area contributed by atoms with E-state index in [1.807, 2.05) is 70.3 Å². The number of nitrogens with one attached hydrogen (secondary N) is 2. The van der Waals surface area contributed by atoms with E-state index >= 15 is 0 Å². The van der Waals surface area contributed by atoms with Crippen LogP contribution in [0.2, 0.25) is 30.7 Å². The molecule has 3 aliphatic heterocycles. The van der Waals surface area contributed by atoms with E-state index in [1.54, 1.807) is 12.3 Å². The number of carbonyl (C=O) groups excluding carboxylic acids is 1. The number of sulfonamides is 1. The summed E-state index contributed by atoms with van der Waals surface area (Å²) in [5.74, 6) is -0.336. The number of halogens is 1. The van der Waals surface area contributed by atoms with Crippen LogP contribution < -0.4 is 24.6 Å². The zero-order valence-electron chi connectivity index (χ0n) is 46.8. The second kappa shape index (κ2) is 24.0. The fourth-order valence-corrected chi connectivity index (χ4v) is 13.3. The molecule has 2 unspecified atom stereocenters. The summed E-state index contributed by atoms with van der Waals surface area (Å²) in [6, 6.07) is 28.3. The van der Waals surface area contributed by atoms with Crippen LogP contribution in [-0.4, -0.2) is 112 Å². The molecule has 17 nitrogen and oxygen atoms in total. The van der Waals surface area contributed by atoms with E-state index in [9.17, 15) is 23.3 Å². The van der Waals surface area contributed by atoms with Gasteiger partial charge < -0.3 is 33.9 Å². The number of carbonyl (C=O) groups is 1. The Labute approximate surface area is 475 Å². The van der Waals surface area contributed by atoms with Crippen molar-refractivity contribution in [1.82, 2.24) is 24.2 Å². The van der Waals surface area contributed by atoms with Crippen molar-refractivity contribution in [1.29, 1.82) is 0 Å². The smallest absolute Gasteiger partial charge is 0.293 e. The molecule has 0 radical (unpaired) electrons. The summed E-state index contributed by atoms with van der Waals surface area (Å²) in [6.45, 7) is 19.9. The third-order valence-electron chi connectivity index (χ3n) is 16.3. The molecule has 0 bridgehead atoms. The number of hydrogen-bond acceptors (Lipinski definition) is 14. The lowest BCUT2D eigenvalue weighted by Crippen LogP contribution is -2.50. The Morgan fingerprint density at radius 1 is 0.950 bits per heavy atom. The van der Waals surface area contributed by atoms with Crippen LogP contribution in [0.1, 0.15) is 87.0 Å². The molecule has 10 rings (SSSR count). The summed E-state index contributed by atoms with van der Waals surface area (Å²) >= 11 is 6.36. The van der Waals surface area contributed by atoms with E-state index in [0.717, 1.165) is 73.4 Å². The highest BCUT2D eigenvalue weighted by molar-refractivity contribution is 7.90. The lowest BCUT2D eigenvalue weighted by Gasteiger charge is -2.43. The highest BCUT2D eigenvalue weighted by Gasteiger charge is 2.35. The minimum absolute atomic E-state index is 0.0754. The number of nitro benzene ring substituents is 1. The largest absolute Gasteiger partial charge is 0.466 e. The monoisotopic (exact) mass is 1140 g/mol. The zero-order chi connectivity index (χ0) is 56.3. The maximum absolute atomic E-state index is 14.9. The summed E-state index contributed by atoms with van der Waals surface area (Å²) < 4.78 is 51.4. The fourth-order valence-electron chi connectivity index (χ4n) is 11.4. The van der Waals surface area contributed by atoms with Crippen LogP contribution in [0.5, 0.6) is 5.88 Å². The molecule has 6 heterocycles. The van der Waals surface area contributed by atoms with Gasteiger partial charge >= 0.3 is 0 Å². The van der Waals surface area contributed by atoms with Crippen molar-refractivity contribution in [3.8, 4) is 5.88 Å². The molecule has 80 heavy (non-hydrogen) atoms. The standard InChI is InChI=1S/C60H74ClN9O8SSi/c1-41(48-18-23-60(2,3)38-50(48)43-10-12-45(61)13-11-43)66-27-29-67(30-28-66)46-14-16-49(58(71)65-79(74,75)47-15-17-51(54(37-47)70(72)73)63-39-42-21-31-76-32-22-42)53(36-46)69-26-20-56(52-9-7-8-24-62-52)78-59-55(69)35-44-19-25-68(57(44)64-59)40-77-33-34-80(4,5)6/h7-17,19,24-25,35-37,41-42,56,63H,18,20-23,26-34,38-40H2,1-6H3,(H,65,71). The third-order valence-corrected chi connectivity index (χ3v) is 19.6. The van der Waals surface area contributed by atoms with E-state index in [-0.39, 0.29) is 28.6 Å². The van der Waals surface area contributed by atoms with Gasteiger partial charge in [0.05, 0.1) is 26.8 Å². The fraction of sp³-hybridized carbons (Fsp3) is 0.450. The molecule has 424 valence electrons. The van der Waals surface area contributed by atoms with E-state index in [2.05, 4.69) is 77.4 Å². The lowest BCUT2D eigenvalue weighted by molar-refractivity contribution is -0.384. The molecule has 0 saturated carbocycles. The summed E-state index contributed by atoms with van der Waals surface area (Å²) in [4.78, 5) is 43.1. The molecule has 2 atom stereocenters. The first-order valence-electron chi connectivity index (χ1n) is 28.0. The summed E-state index contributed by atoms with van der Waals surface area (Å²) in [5.41, 5.74) is 7.39. The van der Waals surface area contributed by atoms with Gasteiger partial charge in [-0.25, -0.2) is 13.1 Å². The van der Waals surface area contributed by atoms with Gasteiger partial charge in [-0.3, -0.25) is 24.8 Å². The zero-order valence-corrected chi connectivity index (χ0v) is 49.3. The number of allylic oxidation sites excluding steroid dienone is 1. The number of amides is 1. The van der Waals surface area contributed by atoms with Gasteiger partial charge in [-0.2, -0.15) is 4.98 Å². The number of hydrogen-bond donors (Lipinski definition) is 2. The molecule has 2 N–H and O–H groups in total. The van der Waals surface area contributed by atoms with Crippen molar-refractivity contribution >= 4 is 80.6 Å². The number of benzene rings is 3. The van der Waals surface area contributed by atoms with Crippen LogP contribution in [0.4, 0.5) is 28.4 Å². The highest BCUT2D eigenvalue weighted by Crippen LogP contribution is 2.46. The number of ether oxygens (including phenoxy) is 3. The molecule has 3 aromatic carbocycles. The molecule has 2 fully saturated rings. The van der Waals surface area contributed by atoms with Gasteiger partial charge in [-0.1, -0.05) is 63.3 Å². The number of pyridine rings is 2. The Balaban J connectivity index is 0.990. The van der Waals surface area contributed by atoms with Gasteiger partial charge in [0.25, 0.3) is 21.6 Å². The normalized spacial score (nSPS) is 18.8. The lowest BCUT2D eigenvalue weighted by atomic mass is 9.71. The van der Waals surface area contributed by atoms with Crippen LogP contribution in [-0.2, 0) is 26.2 Å². The predicted molar refractivity (Wildman–Crippen MR) is 319 cm³/mol. The average molecular weight is 1140 g/mol. The number of rotatable bonds is 18. The first-order valence-corrected chi connectivity index (χ1v) is 33.6. The van der Waals surface area contributed by atoms with Gasteiger partial charge in [0.1, 0.15) is 29.9 Å². The van der Waals surface area contributed by atoms with E-state index in [4.69, 9.17) is 30.8 Å². The Hall–Kier alpha value is -6.35. The van der Waals surface area contributed by atoms with Crippen LogP contribution in [0, 0.1) is 21.4 Å². The topological polar surface area (TPSA) is 187 Å². The number of aromatic nitrogens is 3. The van der Waals surface area contributed by atoms with Crippen LogP contribution in [0.3, 0.4) is 0 Å². The summed E-state index contributed by atoms with van der Waals surface area (Å²) in [6.07, 6.45) is 8.33. The highest BCUT2D eigenvalue weighted by atomic mass is 35.5. The molecular weight excluding hydrogens is 1070 g/mol. The van der Waals surface area contributed by atoms with Gasteiger partial charge in [-0.15, -0.1) is 0 Å². The minimum Gasteiger partial charge on any atom is -0.466 e. The number of nitro groups is 1. The van der Waals surface area contributed by atoms with Crippen LogP contribution in [0.25, 0.3) is 16.6 Å². The SMILES string of the molecule is CC(C1=C(c2ccc(Cl)cc2)CC(C)(C)CC1)N1CCN(c2ccc(C(=O)NS(=O)(=O)c3ccc(NCC4CCOCC4)c([N+](=O)[O-])c3)c(N3CCC(c4ccccn4)Oc4nc5c(ccn5COCC[Si](C)(C)C)cc43)c2)CC1.